The van der Waals surface area contributed by atoms with E-state index in [9.17, 15) is 4.39 Å². The molecule has 0 unspecified atom stereocenters. The lowest BCUT2D eigenvalue weighted by Crippen LogP contribution is -2.47. The first kappa shape index (κ1) is 19.8. The third-order valence-electron chi connectivity index (χ3n) is 5.25. The first-order valence-corrected chi connectivity index (χ1v) is 10.2. The Balaban J connectivity index is 2.05. The maximum Gasteiger partial charge on any atom is 0.137 e. The molecule has 6 heteroatoms. The third-order valence-corrected chi connectivity index (χ3v) is 5.25. The van der Waals surface area contributed by atoms with Crippen molar-refractivity contribution < 1.29 is 4.39 Å². The Hall–Kier alpha value is -1.92. The summed E-state index contributed by atoms with van der Waals surface area (Å²) in [4.78, 5) is 4.90. The van der Waals surface area contributed by atoms with E-state index in [1.165, 1.54) is 11.6 Å². The SMILES string of the molecule is CCCc1nn(-c2cccc(F)c2)c(N2CCN(CC)CC2)c1CNCC. The minimum Gasteiger partial charge on any atom is -0.354 e. The molecular weight excluding hydrogens is 341 g/mol. The minimum absolute atomic E-state index is 0.227. The van der Waals surface area contributed by atoms with E-state index in [2.05, 4.69) is 35.9 Å². The average molecular weight is 374 g/mol. The summed E-state index contributed by atoms with van der Waals surface area (Å²) >= 11 is 0. The molecule has 0 spiro atoms. The number of benzene rings is 1. The number of likely N-dealkylation sites (N-methyl/N-ethyl adjacent to an activating group) is 1. The normalized spacial score (nSPS) is 15.5. The predicted octanol–water partition coefficient (Wildman–Crippen LogP) is 3.22. The second-order valence-electron chi connectivity index (χ2n) is 7.09. The molecule has 0 aliphatic carbocycles. The molecule has 1 aliphatic rings. The minimum atomic E-state index is -0.227. The van der Waals surface area contributed by atoms with Crippen molar-refractivity contribution in [1.82, 2.24) is 20.0 Å². The highest BCUT2D eigenvalue weighted by Crippen LogP contribution is 2.29. The molecule has 0 saturated carbocycles. The van der Waals surface area contributed by atoms with Crippen LogP contribution in [0.1, 0.15) is 38.4 Å². The Morgan fingerprint density at radius 3 is 2.52 bits per heavy atom. The summed E-state index contributed by atoms with van der Waals surface area (Å²) < 4.78 is 15.9. The third kappa shape index (κ3) is 4.50. The molecule has 2 aromatic rings. The van der Waals surface area contributed by atoms with Gasteiger partial charge in [-0.25, -0.2) is 9.07 Å². The number of piperazine rings is 1. The summed E-state index contributed by atoms with van der Waals surface area (Å²) in [6.45, 7) is 13.4. The molecule has 0 atom stereocenters. The molecule has 148 valence electrons. The molecule has 1 saturated heterocycles. The molecule has 5 nitrogen and oxygen atoms in total. The molecule has 1 aromatic heterocycles. The van der Waals surface area contributed by atoms with Gasteiger partial charge in [-0.15, -0.1) is 0 Å². The maximum atomic E-state index is 13.9. The van der Waals surface area contributed by atoms with Crippen LogP contribution >= 0.6 is 0 Å². The van der Waals surface area contributed by atoms with Gasteiger partial charge in [-0.3, -0.25) is 0 Å². The number of nitrogens with zero attached hydrogens (tertiary/aromatic N) is 4. The van der Waals surface area contributed by atoms with Gasteiger partial charge in [0.15, 0.2) is 0 Å². The number of aromatic nitrogens is 2. The van der Waals surface area contributed by atoms with Crippen LogP contribution in [0.15, 0.2) is 24.3 Å². The van der Waals surface area contributed by atoms with Gasteiger partial charge in [0.05, 0.1) is 11.4 Å². The number of halogens is 1. The zero-order chi connectivity index (χ0) is 19.2. The fourth-order valence-corrected chi connectivity index (χ4v) is 3.74. The summed E-state index contributed by atoms with van der Waals surface area (Å²) in [7, 11) is 0. The molecule has 3 rings (SSSR count). The summed E-state index contributed by atoms with van der Waals surface area (Å²) in [5, 5.41) is 8.41. The van der Waals surface area contributed by atoms with Crippen LogP contribution in [-0.4, -0.2) is 53.9 Å². The van der Waals surface area contributed by atoms with Crippen molar-refractivity contribution in [3.63, 3.8) is 0 Å². The largest absolute Gasteiger partial charge is 0.354 e. The highest BCUT2D eigenvalue weighted by atomic mass is 19.1. The average Bonchev–Trinajstić information content (AvgIpc) is 3.05. The fraction of sp³-hybridized carbons (Fsp3) is 0.571. The van der Waals surface area contributed by atoms with Gasteiger partial charge in [0.25, 0.3) is 0 Å². The van der Waals surface area contributed by atoms with Gasteiger partial charge in [0.2, 0.25) is 0 Å². The Morgan fingerprint density at radius 2 is 1.89 bits per heavy atom. The van der Waals surface area contributed by atoms with Gasteiger partial charge in [-0.2, -0.15) is 5.10 Å². The van der Waals surface area contributed by atoms with Gasteiger partial charge < -0.3 is 15.1 Å². The number of aryl methyl sites for hydroxylation is 1. The lowest BCUT2D eigenvalue weighted by Gasteiger charge is -2.36. The molecule has 1 N–H and O–H groups in total. The van der Waals surface area contributed by atoms with Crippen LogP contribution in [-0.2, 0) is 13.0 Å². The Kier molecular flexibility index (Phi) is 6.85. The van der Waals surface area contributed by atoms with Crippen LogP contribution in [0.2, 0.25) is 0 Å². The van der Waals surface area contributed by atoms with Crippen LogP contribution < -0.4 is 10.2 Å². The molecule has 0 bridgehead atoms. The number of hydrogen-bond donors (Lipinski definition) is 1. The van der Waals surface area contributed by atoms with Crippen molar-refractivity contribution in [2.75, 3.05) is 44.2 Å². The topological polar surface area (TPSA) is 36.3 Å². The van der Waals surface area contributed by atoms with Crippen LogP contribution in [0.4, 0.5) is 10.2 Å². The van der Waals surface area contributed by atoms with Gasteiger partial charge >= 0.3 is 0 Å². The van der Waals surface area contributed by atoms with Gasteiger partial charge in [0.1, 0.15) is 11.6 Å². The monoisotopic (exact) mass is 373 g/mol. The second-order valence-corrected chi connectivity index (χ2v) is 7.09. The maximum absolute atomic E-state index is 13.9. The second kappa shape index (κ2) is 9.33. The van der Waals surface area contributed by atoms with Crippen molar-refractivity contribution in [1.29, 1.82) is 0 Å². The Morgan fingerprint density at radius 1 is 1.11 bits per heavy atom. The number of hydrogen-bond acceptors (Lipinski definition) is 4. The Labute approximate surface area is 162 Å². The number of anilines is 1. The van der Waals surface area contributed by atoms with E-state index in [0.29, 0.717) is 0 Å². The predicted molar refractivity (Wildman–Crippen MR) is 109 cm³/mol. The van der Waals surface area contributed by atoms with Crippen LogP contribution in [0.5, 0.6) is 0 Å². The van der Waals surface area contributed by atoms with Gasteiger partial charge in [-0.1, -0.05) is 33.3 Å². The molecule has 1 fully saturated rings. The van der Waals surface area contributed by atoms with Crippen LogP contribution in [0.3, 0.4) is 0 Å². The number of nitrogens with one attached hydrogen (secondary N) is 1. The van der Waals surface area contributed by atoms with Crippen LogP contribution in [0.25, 0.3) is 5.69 Å². The van der Waals surface area contributed by atoms with Gasteiger partial charge in [0, 0.05) is 38.3 Å². The van der Waals surface area contributed by atoms with Gasteiger partial charge in [-0.05, 0) is 37.7 Å². The van der Waals surface area contributed by atoms with E-state index in [4.69, 9.17) is 5.10 Å². The first-order chi connectivity index (χ1) is 13.2. The van der Waals surface area contributed by atoms with E-state index in [-0.39, 0.29) is 5.82 Å². The molecule has 0 amide bonds. The van der Waals surface area contributed by atoms with E-state index < -0.39 is 0 Å². The summed E-state index contributed by atoms with van der Waals surface area (Å²) in [5.74, 6) is 0.899. The van der Waals surface area contributed by atoms with Crippen molar-refractivity contribution in [3.05, 3.63) is 41.3 Å². The highest BCUT2D eigenvalue weighted by Gasteiger charge is 2.26. The van der Waals surface area contributed by atoms with Crippen molar-refractivity contribution in [2.24, 2.45) is 0 Å². The first-order valence-electron chi connectivity index (χ1n) is 10.2. The lowest BCUT2D eigenvalue weighted by molar-refractivity contribution is 0.270. The summed E-state index contributed by atoms with van der Waals surface area (Å²) in [5.41, 5.74) is 3.17. The van der Waals surface area contributed by atoms with E-state index >= 15 is 0 Å². The van der Waals surface area contributed by atoms with E-state index in [1.54, 1.807) is 12.1 Å². The van der Waals surface area contributed by atoms with E-state index in [1.807, 2.05) is 10.7 Å². The molecule has 27 heavy (non-hydrogen) atoms. The molecule has 1 aliphatic heterocycles. The summed E-state index contributed by atoms with van der Waals surface area (Å²) in [6, 6.07) is 6.76. The molecule has 0 radical (unpaired) electrons. The van der Waals surface area contributed by atoms with Crippen molar-refractivity contribution >= 4 is 5.82 Å². The Bertz CT molecular complexity index is 734. The molecular formula is C21H32FN5. The standard InChI is InChI=1S/C21H32FN5/c1-4-8-20-19(16-23-5-2)21(26-13-11-25(6-3)12-14-26)27(24-20)18-10-7-9-17(22)15-18/h7,9-10,15,23H,4-6,8,11-14,16H2,1-3H3. The fourth-order valence-electron chi connectivity index (χ4n) is 3.74. The van der Waals surface area contributed by atoms with Crippen LogP contribution in [0, 0.1) is 5.82 Å². The smallest absolute Gasteiger partial charge is 0.137 e. The molecule has 1 aromatic carbocycles. The lowest BCUT2D eigenvalue weighted by atomic mass is 10.1. The van der Waals surface area contributed by atoms with Crippen molar-refractivity contribution in [2.45, 2.75) is 40.2 Å². The zero-order valence-electron chi connectivity index (χ0n) is 16.8. The quantitative estimate of drug-likeness (QED) is 0.771. The highest BCUT2D eigenvalue weighted by molar-refractivity contribution is 5.56. The van der Waals surface area contributed by atoms with Crippen molar-refractivity contribution in [3.8, 4) is 5.69 Å². The zero-order valence-corrected chi connectivity index (χ0v) is 16.8. The summed E-state index contributed by atoms with van der Waals surface area (Å²) in [6.07, 6.45) is 1.98. The van der Waals surface area contributed by atoms with E-state index in [0.717, 1.165) is 75.9 Å². The number of rotatable bonds is 8. The molecule has 2 heterocycles.